The highest BCUT2D eigenvalue weighted by atomic mass is 35.5. The van der Waals surface area contributed by atoms with Gasteiger partial charge < -0.3 is 19.1 Å². The third-order valence-corrected chi connectivity index (χ3v) is 3.04. The molecule has 2 aliphatic heterocycles. The van der Waals surface area contributed by atoms with E-state index in [0.717, 1.165) is 13.1 Å². The van der Waals surface area contributed by atoms with Crippen LogP contribution in [0.4, 0.5) is 5.82 Å². The van der Waals surface area contributed by atoms with Crippen molar-refractivity contribution in [3.8, 4) is 11.6 Å². The lowest BCUT2D eigenvalue weighted by molar-refractivity contribution is 0.0955. The van der Waals surface area contributed by atoms with E-state index in [1.807, 2.05) is 6.92 Å². The quantitative estimate of drug-likeness (QED) is 0.714. The third kappa shape index (κ3) is 2.18. The molecule has 0 aromatic carbocycles. The number of anilines is 1. The lowest BCUT2D eigenvalue weighted by Gasteiger charge is -2.31. The van der Waals surface area contributed by atoms with Crippen LogP contribution < -0.4 is 14.4 Å². The number of rotatable bonds is 1. The molecule has 0 unspecified atom stereocenters. The van der Waals surface area contributed by atoms with Crippen molar-refractivity contribution in [1.82, 2.24) is 9.97 Å². The Kier molecular flexibility index (Phi) is 3.13. The maximum Gasteiger partial charge on any atom is 0.264 e. The summed E-state index contributed by atoms with van der Waals surface area (Å²) in [4.78, 5) is 10.4. The molecule has 3 heterocycles. The smallest absolute Gasteiger partial charge is 0.264 e. The molecular formula is C11H14ClN3O3. The predicted molar refractivity (Wildman–Crippen MR) is 65.7 cm³/mol. The minimum Gasteiger partial charge on any atom is -0.481 e. The van der Waals surface area contributed by atoms with Crippen LogP contribution in [-0.4, -0.2) is 49.0 Å². The summed E-state index contributed by atoms with van der Waals surface area (Å²) >= 11 is 5.93. The number of hydrogen-bond acceptors (Lipinski definition) is 6. The first-order valence-corrected chi connectivity index (χ1v) is 6.31. The molecule has 7 heteroatoms. The summed E-state index contributed by atoms with van der Waals surface area (Å²) in [6.45, 7) is 5.29. The van der Waals surface area contributed by atoms with Gasteiger partial charge in [0.05, 0.1) is 13.2 Å². The molecule has 1 saturated heterocycles. The highest BCUT2D eigenvalue weighted by Gasteiger charge is 2.27. The molecule has 0 amide bonds. The zero-order valence-corrected chi connectivity index (χ0v) is 10.8. The van der Waals surface area contributed by atoms with Gasteiger partial charge in [-0.2, -0.15) is 9.97 Å². The third-order valence-electron chi connectivity index (χ3n) is 2.88. The van der Waals surface area contributed by atoms with Crippen molar-refractivity contribution in [2.45, 2.75) is 13.0 Å². The molecule has 1 fully saturated rings. The van der Waals surface area contributed by atoms with Gasteiger partial charge >= 0.3 is 0 Å². The van der Waals surface area contributed by atoms with Crippen LogP contribution in [0.2, 0.25) is 5.28 Å². The number of nitrogens with zero attached hydrogens (tertiary/aromatic N) is 3. The van der Waals surface area contributed by atoms with Crippen molar-refractivity contribution < 1.29 is 14.2 Å². The predicted octanol–water partition coefficient (Wildman–Crippen LogP) is 1.13. The van der Waals surface area contributed by atoms with Crippen LogP contribution >= 0.6 is 11.6 Å². The van der Waals surface area contributed by atoms with Crippen LogP contribution in [0.1, 0.15) is 6.92 Å². The molecule has 6 nitrogen and oxygen atoms in total. The summed E-state index contributed by atoms with van der Waals surface area (Å²) in [5, 5.41) is 0.174. The Balaban J connectivity index is 1.97. The zero-order valence-electron chi connectivity index (χ0n) is 10.1. The molecule has 18 heavy (non-hydrogen) atoms. The van der Waals surface area contributed by atoms with Gasteiger partial charge in [0.1, 0.15) is 12.7 Å². The molecule has 3 rings (SSSR count). The summed E-state index contributed by atoms with van der Waals surface area (Å²) in [6.07, 6.45) is -0.0268. The SMILES string of the molecule is C[C@H]1COc2c(nc(Cl)nc2N2CCOCC2)O1. The van der Waals surface area contributed by atoms with E-state index < -0.39 is 0 Å². The van der Waals surface area contributed by atoms with Gasteiger partial charge in [-0.3, -0.25) is 0 Å². The Morgan fingerprint density at radius 2 is 2.06 bits per heavy atom. The van der Waals surface area contributed by atoms with E-state index in [9.17, 15) is 0 Å². The lowest BCUT2D eigenvalue weighted by Crippen LogP contribution is -2.38. The molecule has 1 atom stereocenters. The minimum atomic E-state index is -0.0268. The summed E-state index contributed by atoms with van der Waals surface area (Å²) in [6, 6.07) is 0. The molecule has 2 aliphatic rings. The van der Waals surface area contributed by atoms with Crippen LogP contribution in [0.3, 0.4) is 0 Å². The molecule has 98 valence electrons. The number of halogens is 1. The summed E-state index contributed by atoms with van der Waals surface area (Å²) < 4.78 is 16.6. The van der Waals surface area contributed by atoms with E-state index in [4.69, 9.17) is 25.8 Å². The van der Waals surface area contributed by atoms with Crippen LogP contribution in [0.5, 0.6) is 11.6 Å². The largest absolute Gasteiger partial charge is 0.481 e. The number of morpholine rings is 1. The van der Waals surface area contributed by atoms with Crippen LogP contribution in [-0.2, 0) is 4.74 Å². The van der Waals surface area contributed by atoms with E-state index in [1.54, 1.807) is 0 Å². The summed E-state index contributed by atoms with van der Waals surface area (Å²) in [5.74, 6) is 1.70. The molecule has 0 spiro atoms. The highest BCUT2D eigenvalue weighted by molar-refractivity contribution is 6.28. The van der Waals surface area contributed by atoms with Gasteiger partial charge in [-0.15, -0.1) is 0 Å². The highest BCUT2D eigenvalue weighted by Crippen LogP contribution is 2.38. The van der Waals surface area contributed by atoms with E-state index in [2.05, 4.69) is 14.9 Å². The van der Waals surface area contributed by atoms with Crippen molar-refractivity contribution >= 4 is 17.4 Å². The zero-order chi connectivity index (χ0) is 12.5. The second-order valence-electron chi connectivity index (χ2n) is 4.29. The molecule has 0 aliphatic carbocycles. The van der Waals surface area contributed by atoms with Gasteiger partial charge in [0.2, 0.25) is 11.0 Å². The van der Waals surface area contributed by atoms with Crippen molar-refractivity contribution in [3.05, 3.63) is 5.28 Å². The lowest BCUT2D eigenvalue weighted by atomic mass is 10.3. The minimum absolute atomic E-state index is 0.0268. The maximum absolute atomic E-state index is 5.93. The van der Waals surface area contributed by atoms with Crippen molar-refractivity contribution in [2.24, 2.45) is 0 Å². The van der Waals surface area contributed by atoms with Crippen molar-refractivity contribution in [1.29, 1.82) is 0 Å². The number of hydrogen-bond donors (Lipinski definition) is 0. The second-order valence-corrected chi connectivity index (χ2v) is 4.63. The maximum atomic E-state index is 5.93. The Morgan fingerprint density at radius 1 is 1.28 bits per heavy atom. The first-order valence-electron chi connectivity index (χ1n) is 5.94. The van der Waals surface area contributed by atoms with E-state index in [0.29, 0.717) is 37.3 Å². The average Bonchev–Trinajstić information content (AvgIpc) is 2.38. The molecule has 0 bridgehead atoms. The van der Waals surface area contributed by atoms with Gasteiger partial charge in [0, 0.05) is 13.1 Å². The van der Waals surface area contributed by atoms with E-state index in [-0.39, 0.29) is 11.4 Å². The Morgan fingerprint density at radius 3 is 2.83 bits per heavy atom. The van der Waals surface area contributed by atoms with Crippen molar-refractivity contribution in [3.63, 3.8) is 0 Å². The fraction of sp³-hybridized carbons (Fsp3) is 0.636. The fourth-order valence-corrected chi connectivity index (χ4v) is 2.17. The van der Waals surface area contributed by atoms with Gasteiger partial charge in [0.15, 0.2) is 5.82 Å². The first kappa shape index (κ1) is 11.8. The Hall–Kier alpha value is -1.27. The molecule has 0 N–H and O–H groups in total. The molecule has 0 radical (unpaired) electrons. The second kappa shape index (κ2) is 4.78. The van der Waals surface area contributed by atoms with Crippen LogP contribution in [0.25, 0.3) is 0 Å². The number of fused-ring (bicyclic) bond motifs is 1. The number of ether oxygens (including phenoxy) is 3. The Bertz CT molecular complexity index is 451. The number of aromatic nitrogens is 2. The molecule has 1 aromatic rings. The monoisotopic (exact) mass is 271 g/mol. The summed E-state index contributed by atoms with van der Waals surface area (Å²) in [7, 11) is 0. The first-order chi connectivity index (χ1) is 8.74. The van der Waals surface area contributed by atoms with Gasteiger partial charge in [-0.05, 0) is 18.5 Å². The topological polar surface area (TPSA) is 56.7 Å². The van der Waals surface area contributed by atoms with Gasteiger partial charge in [0.25, 0.3) is 5.88 Å². The van der Waals surface area contributed by atoms with Gasteiger partial charge in [-0.1, -0.05) is 0 Å². The van der Waals surface area contributed by atoms with Crippen LogP contribution in [0, 0.1) is 0 Å². The van der Waals surface area contributed by atoms with E-state index >= 15 is 0 Å². The van der Waals surface area contributed by atoms with Gasteiger partial charge in [-0.25, -0.2) is 0 Å². The normalized spacial score (nSPS) is 23.0. The molecular weight excluding hydrogens is 258 g/mol. The van der Waals surface area contributed by atoms with E-state index in [1.165, 1.54) is 0 Å². The average molecular weight is 272 g/mol. The fourth-order valence-electron chi connectivity index (χ4n) is 2.01. The molecule has 1 aromatic heterocycles. The Labute approximate surface area is 110 Å². The molecule has 0 saturated carbocycles. The summed E-state index contributed by atoms with van der Waals surface area (Å²) in [5.41, 5.74) is 0. The van der Waals surface area contributed by atoms with Crippen molar-refractivity contribution in [2.75, 3.05) is 37.8 Å². The van der Waals surface area contributed by atoms with Crippen LogP contribution in [0.15, 0.2) is 0 Å². The standard InChI is InChI=1S/C11H14ClN3O3/c1-7-6-17-8-9(15-2-4-16-5-3-15)13-11(12)14-10(8)18-7/h7H,2-6H2,1H3/t7-/m0/s1.